The highest BCUT2D eigenvalue weighted by molar-refractivity contribution is 6.33. The highest BCUT2D eigenvalue weighted by Gasteiger charge is 2.37. The Bertz CT molecular complexity index is 5040. The van der Waals surface area contributed by atoms with E-state index >= 15 is 0 Å². The van der Waals surface area contributed by atoms with Crippen molar-refractivity contribution in [3.8, 4) is 33.8 Å². The molecule has 6 atom stereocenters. The molecule has 0 unspecified atom stereocenters. The van der Waals surface area contributed by atoms with Crippen molar-refractivity contribution in [3.63, 3.8) is 0 Å². The van der Waals surface area contributed by atoms with E-state index in [0.717, 1.165) is 87.4 Å². The molecule has 6 amide bonds. The second-order valence-electron chi connectivity index (χ2n) is 30.0. The third kappa shape index (κ3) is 19.6. The van der Waals surface area contributed by atoms with Gasteiger partial charge in [0.1, 0.15) is 29.6 Å². The van der Waals surface area contributed by atoms with Crippen molar-refractivity contribution >= 4 is 82.6 Å². The number of aliphatic hydroxyl groups excluding tert-OH is 3. The Morgan fingerprint density at radius 1 is 0.513 bits per heavy atom. The first-order chi connectivity index (χ1) is 56.4. The number of benzene rings is 3. The van der Waals surface area contributed by atoms with Crippen LogP contribution >= 0.6 is 23.2 Å². The van der Waals surface area contributed by atoms with E-state index in [1.54, 1.807) is 76.7 Å². The van der Waals surface area contributed by atoms with Gasteiger partial charge in [0.2, 0.25) is 35.6 Å². The second kappa shape index (κ2) is 37.7. The molecule has 2 fully saturated rings. The predicted octanol–water partition coefficient (Wildman–Crippen LogP) is 9.86. The maximum atomic E-state index is 13.5. The van der Waals surface area contributed by atoms with Crippen LogP contribution in [0.4, 0.5) is 33.3 Å². The summed E-state index contributed by atoms with van der Waals surface area (Å²) in [4.78, 5) is 111. The summed E-state index contributed by atoms with van der Waals surface area (Å²) in [5.41, 5.74) is 12.6. The molecular weight excluding hydrogens is 1540 g/mol. The van der Waals surface area contributed by atoms with Gasteiger partial charge in [-0.3, -0.25) is 33.0 Å². The fourth-order valence-electron chi connectivity index (χ4n) is 14.9. The van der Waals surface area contributed by atoms with Crippen LogP contribution < -0.4 is 31.9 Å². The van der Waals surface area contributed by atoms with Crippen LogP contribution in [0.15, 0.2) is 140 Å². The molecule has 2 saturated heterocycles. The Morgan fingerprint density at radius 2 is 0.932 bits per heavy atom. The van der Waals surface area contributed by atoms with E-state index in [-0.39, 0.29) is 67.6 Å². The fourth-order valence-corrected chi connectivity index (χ4v) is 15.3. The van der Waals surface area contributed by atoms with Crippen molar-refractivity contribution in [2.45, 2.75) is 142 Å². The Morgan fingerprint density at radius 3 is 1.35 bits per heavy atom. The lowest BCUT2D eigenvalue weighted by atomic mass is 10.0. The molecule has 0 aliphatic carbocycles. The van der Waals surface area contributed by atoms with Crippen LogP contribution in [0.3, 0.4) is 0 Å². The summed E-state index contributed by atoms with van der Waals surface area (Å²) in [6.07, 6.45) is 16.5. The monoisotopic (exact) mass is 1630 g/mol. The molecule has 117 heavy (non-hydrogen) atoms. The van der Waals surface area contributed by atoms with Crippen molar-refractivity contribution in [1.29, 1.82) is 0 Å². The molecule has 9 N–H and O–H groups in total. The normalized spacial score (nSPS) is 16.5. The molecule has 33 heteroatoms. The highest BCUT2D eigenvalue weighted by atomic mass is 35.5. The number of fused-ring (bicyclic) bond motifs is 3. The lowest BCUT2D eigenvalue weighted by molar-refractivity contribution is -0.127. The number of amides is 6. The number of anilines is 4. The number of carbonyl (C=O) groups excluding carboxylic acids is 6. The van der Waals surface area contributed by atoms with Crippen molar-refractivity contribution in [1.82, 2.24) is 84.0 Å². The maximum Gasteiger partial charge on any atom is 0.329 e. The molecule has 15 rings (SSSR count). The summed E-state index contributed by atoms with van der Waals surface area (Å²) in [7, 11) is 1.82. The van der Waals surface area contributed by atoms with Crippen molar-refractivity contribution in [2.75, 3.05) is 81.8 Å². The number of carbonyl (C=O) groups is 6. The number of halogens is 2. The molecule has 10 aromatic rings. The standard InChI is InChI=1S/2C28H33ClN6O4.C28H32N8O3/c2*1-17-4-3-5-19(12-17)24(16-36)32-26(37)18(2)34-9-6-22-13-20(15-35(22)28(34)38)25-23(29)14-30-27(33-25)31-21-7-10-39-11-8-21;1-17-6-5-7-20(12-17)22(16-37)31-26(38)19(3)36-11-10-35-15-21(13-23(35)27(36)39)25-18(2)14-29-28(33-25)32-24-8-9-30-34(24)4/h2*3-5,12-15,18,21,24,36H,6-11,16H2,1-2H3,(H,32,37)(H,30,31,33);5-9,12-15,19,22,37H,10-11,16H2,1-4H3,(H,31,38)(H,29,32,33)/t18-,24+;18-,24-;19-,22-/m011/s1. The van der Waals surface area contributed by atoms with Crippen LogP contribution in [0.5, 0.6) is 0 Å². The van der Waals surface area contributed by atoms with Gasteiger partial charge in [0.15, 0.2) is 0 Å². The van der Waals surface area contributed by atoms with Gasteiger partial charge in [-0.25, -0.2) is 39.5 Å². The van der Waals surface area contributed by atoms with Crippen LogP contribution in [0, 0.1) is 27.7 Å². The topological polar surface area (TPSA) is 373 Å². The quantitative estimate of drug-likeness (QED) is 0.0271. The lowest BCUT2D eigenvalue weighted by Crippen LogP contribution is -2.52. The number of rotatable bonds is 24. The summed E-state index contributed by atoms with van der Waals surface area (Å²) in [5.74, 6) is 0.933. The van der Waals surface area contributed by atoms with E-state index in [2.05, 4.69) is 61.9 Å². The Labute approximate surface area is 687 Å². The highest BCUT2D eigenvalue weighted by Crippen LogP contribution is 2.35. The molecule has 3 aromatic carbocycles. The number of aromatic nitrogens is 11. The van der Waals surface area contributed by atoms with Crippen molar-refractivity contribution in [3.05, 3.63) is 207 Å². The van der Waals surface area contributed by atoms with Gasteiger partial charge < -0.3 is 76.0 Å². The fraction of sp³-hybridized carbons (Fsp3) is 0.393. The van der Waals surface area contributed by atoms with E-state index in [0.29, 0.717) is 127 Å². The van der Waals surface area contributed by atoms with Gasteiger partial charge in [0.25, 0.3) is 5.91 Å². The molecular formula is C84H98Cl2N20O11. The summed E-state index contributed by atoms with van der Waals surface area (Å²) in [5, 5.41) is 53.2. The van der Waals surface area contributed by atoms with Crippen molar-refractivity contribution < 1.29 is 53.6 Å². The van der Waals surface area contributed by atoms with E-state index in [4.69, 9.17) is 37.7 Å². The smallest absolute Gasteiger partial charge is 0.329 e. The molecule has 614 valence electrons. The summed E-state index contributed by atoms with van der Waals surface area (Å²) >= 11 is 12.9. The first-order valence-corrected chi connectivity index (χ1v) is 40.0. The maximum absolute atomic E-state index is 13.5. The Balaban J connectivity index is 0.000000152. The number of hydrogen-bond donors (Lipinski definition) is 9. The Kier molecular flexibility index (Phi) is 26.9. The number of nitrogens with zero attached hydrogens (tertiary/aromatic N) is 14. The summed E-state index contributed by atoms with van der Waals surface area (Å²) in [6, 6.07) is 26.4. The second-order valence-corrected chi connectivity index (χ2v) is 30.8. The molecule has 0 bridgehead atoms. The van der Waals surface area contributed by atoms with E-state index < -0.39 is 36.3 Å². The average molecular weight is 1630 g/mol. The molecule has 5 aliphatic heterocycles. The zero-order chi connectivity index (χ0) is 82.7. The zero-order valence-corrected chi connectivity index (χ0v) is 68.1. The third-order valence-electron chi connectivity index (χ3n) is 21.7. The van der Waals surface area contributed by atoms with Gasteiger partial charge in [-0.05, 0) is 115 Å². The summed E-state index contributed by atoms with van der Waals surface area (Å²) in [6.45, 7) is 16.7. The molecule has 5 aliphatic rings. The van der Waals surface area contributed by atoms with Gasteiger partial charge in [0, 0.05) is 144 Å². The number of aryl methyl sites for hydroxylation is 5. The lowest BCUT2D eigenvalue weighted by Gasteiger charge is -2.33. The molecule has 0 saturated carbocycles. The number of hydrogen-bond acceptors (Lipinski definition) is 21. The zero-order valence-electron chi connectivity index (χ0n) is 66.5. The van der Waals surface area contributed by atoms with Crippen LogP contribution in [-0.2, 0) is 50.3 Å². The minimum atomic E-state index is -0.728. The SMILES string of the molecule is Cc1cccc([C@@H](CO)NC(=O)[C@@H](C)N2CCc3cc(-c4nc(NC5CCOCC5)ncc4Cl)cn3C2=O)c1.Cc1cccc([C@@H](CO)NC(=O)[C@@H](C)N2CCn3cc(-c4nc(Nc5ccnn5C)ncc4C)cc3C2=O)c1.Cc1cccc([C@@H](CO)NC(=O)[C@H](C)N2CCc3cc(-c4nc(NC5CCOCC5)ncc4Cl)cn3C2=O)c1. The third-order valence-corrected chi connectivity index (χ3v) is 22.3. The van der Waals surface area contributed by atoms with Gasteiger partial charge in [0.05, 0.1) is 83.7 Å². The Hall–Kier alpha value is -11.5. The number of nitrogens with one attached hydrogen (secondary N) is 6. The van der Waals surface area contributed by atoms with Crippen LogP contribution in [-0.4, -0.2) is 215 Å². The minimum Gasteiger partial charge on any atom is -0.394 e. The molecule has 12 heterocycles. The largest absolute Gasteiger partial charge is 0.394 e. The number of ether oxygens (including phenoxy) is 2. The van der Waals surface area contributed by atoms with Crippen molar-refractivity contribution in [2.24, 2.45) is 7.05 Å². The van der Waals surface area contributed by atoms with Crippen LogP contribution in [0.1, 0.15) is 125 Å². The van der Waals surface area contributed by atoms with Gasteiger partial charge in [-0.15, -0.1) is 0 Å². The predicted molar refractivity (Wildman–Crippen MR) is 442 cm³/mol. The van der Waals surface area contributed by atoms with E-state index in [1.807, 2.05) is 143 Å². The van der Waals surface area contributed by atoms with Gasteiger partial charge >= 0.3 is 12.1 Å². The molecule has 7 aromatic heterocycles. The van der Waals surface area contributed by atoms with Gasteiger partial charge in [-0.1, -0.05) is 113 Å². The van der Waals surface area contributed by atoms with E-state index in [9.17, 15) is 44.1 Å². The summed E-state index contributed by atoms with van der Waals surface area (Å²) < 4.78 is 17.5. The average Bonchev–Trinajstić information content (AvgIpc) is 1.65. The molecule has 0 radical (unpaired) electrons. The first kappa shape index (κ1) is 83.5. The van der Waals surface area contributed by atoms with Crippen LogP contribution in [0.2, 0.25) is 10.0 Å². The molecule has 0 spiro atoms. The first-order valence-electron chi connectivity index (χ1n) is 39.2. The minimum absolute atomic E-state index is 0.230. The van der Waals surface area contributed by atoms with Crippen LogP contribution in [0.25, 0.3) is 33.8 Å². The molecule has 31 nitrogen and oxygen atoms in total. The van der Waals surface area contributed by atoms with Gasteiger partial charge in [-0.2, -0.15) is 5.10 Å². The van der Waals surface area contributed by atoms with E-state index in [1.165, 1.54) is 9.80 Å². The number of aliphatic hydroxyl groups is 3.